The van der Waals surface area contributed by atoms with E-state index in [1.54, 1.807) is 11.2 Å². The minimum Gasteiger partial charge on any atom is -0.469 e. The molecule has 0 aliphatic carbocycles. The fourth-order valence-electron chi connectivity index (χ4n) is 2.82. The van der Waals surface area contributed by atoms with Crippen molar-refractivity contribution >= 4 is 11.9 Å². The first-order chi connectivity index (χ1) is 8.22. The van der Waals surface area contributed by atoms with Gasteiger partial charge in [0, 0.05) is 18.4 Å². The van der Waals surface area contributed by atoms with E-state index in [1.165, 1.54) is 7.11 Å². The summed E-state index contributed by atoms with van der Waals surface area (Å²) >= 11 is 0. The largest absolute Gasteiger partial charge is 0.469 e. The summed E-state index contributed by atoms with van der Waals surface area (Å²) in [5.74, 6) is 0.459. The monoisotopic (exact) mass is 235 g/mol. The van der Waals surface area contributed by atoms with E-state index in [0.29, 0.717) is 12.8 Å². The average molecular weight is 235 g/mol. The molecule has 17 heavy (non-hydrogen) atoms. The maximum Gasteiger partial charge on any atom is 0.329 e. The molecule has 1 fully saturated rings. The Kier molecular flexibility index (Phi) is 2.21. The predicted octanol–water partition coefficient (Wildman–Crippen LogP) is 1.04. The molecule has 1 aromatic rings. The van der Waals surface area contributed by atoms with Crippen LogP contribution in [0.4, 0.5) is 0 Å². The number of ether oxygens (including phenoxy) is 1. The molecule has 0 aromatic carbocycles. The number of rotatable bonds is 1. The number of carbonyl (C=O) groups excluding carboxylic acids is 2. The topological polar surface area (TPSA) is 59.8 Å². The zero-order chi connectivity index (χ0) is 12.0. The highest BCUT2D eigenvalue weighted by Gasteiger charge is 2.46. The number of methoxy groups -OCH3 is 1. The molecule has 0 radical (unpaired) electrons. The van der Waals surface area contributed by atoms with Crippen LogP contribution in [-0.4, -0.2) is 29.9 Å². The molecule has 0 unspecified atom stereocenters. The van der Waals surface area contributed by atoms with Crippen LogP contribution >= 0.6 is 0 Å². The van der Waals surface area contributed by atoms with Crippen LogP contribution in [0.5, 0.6) is 0 Å². The number of furan rings is 1. The van der Waals surface area contributed by atoms with Crippen molar-refractivity contribution in [3.8, 4) is 0 Å². The van der Waals surface area contributed by atoms with Gasteiger partial charge < -0.3 is 14.1 Å². The first-order valence-electron chi connectivity index (χ1n) is 5.67. The second kappa shape index (κ2) is 3.61. The van der Waals surface area contributed by atoms with Crippen molar-refractivity contribution in [2.75, 3.05) is 7.11 Å². The van der Waals surface area contributed by atoms with Gasteiger partial charge in [-0.15, -0.1) is 0 Å². The molecule has 0 saturated carbocycles. The Morgan fingerprint density at radius 2 is 2.41 bits per heavy atom. The van der Waals surface area contributed by atoms with Crippen LogP contribution in [0.15, 0.2) is 16.7 Å². The molecule has 0 bridgehead atoms. The molecule has 2 aliphatic heterocycles. The standard InChI is InChI=1S/C12H13NO4/c1-16-12(15)9-6-10-7(4-5-17-10)8-2-3-11(14)13(8)9/h4-5,8-9H,2-3,6H2,1H3/t8-,9+/m0/s1. The van der Waals surface area contributed by atoms with Crippen LogP contribution in [-0.2, 0) is 20.7 Å². The molecule has 90 valence electrons. The van der Waals surface area contributed by atoms with Crippen molar-refractivity contribution in [1.82, 2.24) is 4.90 Å². The van der Waals surface area contributed by atoms with E-state index in [2.05, 4.69) is 0 Å². The van der Waals surface area contributed by atoms with E-state index >= 15 is 0 Å². The predicted molar refractivity (Wildman–Crippen MR) is 57.0 cm³/mol. The minimum atomic E-state index is -0.529. The molecular weight excluding hydrogens is 222 g/mol. The fourth-order valence-corrected chi connectivity index (χ4v) is 2.82. The lowest BCUT2D eigenvalue weighted by atomic mass is 9.95. The lowest BCUT2D eigenvalue weighted by Crippen LogP contribution is -2.47. The number of nitrogens with zero attached hydrogens (tertiary/aromatic N) is 1. The summed E-state index contributed by atoms with van der Waals surface area (Å²) in [5.41, 5.74) is 1.04. The van der Waals surface area contributed by atoms with Crippen molar-refractivity contribution in [2.45, 2.75) is 31.3 Å². The summed E-state index contributed by atoms with van der Waals surface area (Å²) in [4.78, 5) is 25.2. The number of amides is 1. The van der Waals surface area contributed by atoms with E-state index < -0.39 is 6.04 Å². The third kappa shape index (κ3) is 1.38. The molecule has 5 nitrogen and oxygen atoms in total. The van der Waals surface area contributed by atoms with Gasteiger partial charge in [0.25, 0.3) is 0 Å². The Labute approximate surface area is 98.3 Å². The van der Waals surface area contributed by atoms with Crippen LogP contribution in [0.25, 0.3) is 0 Å². The van der Waals surface area contributed by atoms with E-state index in [0.717, 1.165) is 17.7 Å². The second-order valence-electron chi connectivity index (χ2n) is 4.40. The Hall–Kier alpha value is -1.78. The molecule has 2 aliphatic rings. The number of esters is 1. The van der Waals surface area contributed by atoms with Gasteiger partial charge in [-0.1, -0.05) is 0 Å². The molecule has 0 N–H and O–H groups in total. The number of hydrogen-bond acceptors (Lipinski definition) is 4. The quantitative estimate of drug-likeness (QED) is 0.682. The summed E-state index contributed by atoms with van der Waals surface area (Å²) in [6.45, 7) is 0. The summed E-state index contributed by atoms with van der Waals surface area (Å²) in [7, 11) is 1.34. The van der Waals surface area contributed by atoms with Gasteiger partial charge in [-0.05, 0) is 12.5 Å². The first-order valence-corrected chi connectivity index (χ1v) is 5.67. The SMILES string of the molecule is COC(=O)[C@H]1Cc2occc2[C@@H]2CCC(=O)N12. The molecule has 0 spiro atoms. The van der Waals surface area contributed by atoms with Gasteiger partial charge in [-0.25, -0.2) is 4.79 Å². The maximum atomic E-state index is 11.9. The molecule has 1 saturated heterocycles. The second-order valence-corrected chi connectivity index (χ2v) is 4.40. The van der Waals surface area contributed by atoms with E-state index in [1.807, 2.05) is 6.07 Å². The van der Waals surface area contributed by atoms with Crippen molar-refractivity contribution in [3.05, 3.63) is 23.7 Å². The Morgan fingerprint density at radius 3 is 3.18 bits per heavy atom. The van der Waals surface area contributed by atoms with Crippen LogP contribution in [0.1, 0.15) is 30.2 Å². The summed E-state index contributed by atoms with van der Waals surface area (Å²) < 4.78 is 10.1. The van der Waals surface area contributed by atoms with Crippen molar-refractivity contribution in [1.29, 1.82) is 0 Å². The van der Waals surface area contributed by atoms with Crippen LogP contribution in [0.2, 0.25) is 0 Å². The molecule has 3 heterocycles. The lowest BCUT2D eigenvalue weighted by molar-refractivity contribution is -0.153. The summed E-state index contributed by atoms with van der Waals surface area (Å²) in [6, 6.07) is 1.34. The number of carbonyl (C=O) groups is 2. The van der Waals surface area contributed by atoms with E-state index in [9.17, 15) is 9.59 Å². The van der Waals surface area contributed by atoms with Gasteiger partial charge in [0.15, 0.2) is 0 Å². The Balaban J connectivity index is 2.03. The van der Waals surface area contributed by atoms with Crippen molar-refractivity contribution in [3.63, 3.8) is 0 Å². The third-order valence-corrected chi connectivity index (χ3v) is 3.58. The molecule has 2 atom stereocenters. The van der Waals surface area contributed by atoms with Crippen LogP contribution in [0, 0.1) is 0 Å². The van der Waals surface area contributed by atoms with Gasteiger partial charge in [0.2, 0.25) is 5.91 Å². The van der Waals surface area contributed by atoms with E-state index in [4.69, 9.17) is 9.15 Å². The third-order valence-electron chi connectivity index (χ3n) is 3.58. The van der Waals surface area contributed by atoms with Gasteiger partial charge >= 0.3 is 5.97 Å². The van der Waals surface area contributed by atoms with E-state index in [-0.39, 0.29) is 17.9 Å². The summed E-state index contributed by atoms with van der Waals surface area (Å²) in [6.07, 6.45) is 3.27. The Morgan fingerprint density at radius 1 is 1.59 bits per heavy atom. The van der Waals surface area contributed by atoms with Crippen LogP contribution < -0.4 is 0 Å². The molecule has 3 rings (SSSR count). The van der Waals surface area contributed by atoms with Gasteiger partial charge in [-0.3, -0.25) is 4.79 Å². The average Bonchev–Trinajstić information content (AvgIpc) is 2.93. The number of fused-ring (bicyclic) bond motifs is 3. The molecule has 1 amide bonds. The maximum absolute atomic E-state index is 11.9. The smallest absolute Gasteiger partial charge is 0.329 e. The highest BCUT2D eigenvalue weighted by atomic mass is 16.5. The van der Waals surface area contributed by atoms with Crippen molar-refractivity contribution < 1.29 is 18.7 Å². The molecule has 1 aromatic heterocycles. The molecular formula is C12H13NO4. The van der Waals surface area contributed by atoms with Gasteiger partial charge in [0.05, 0.1) is 19.4 Å². The lowest BCUT2D eigenvalue weighted by Gasteiger charge is -2.35. The highest BCUT2D eigenvalue weighted by molar-refractivity contribution is 5.87. The molecule has 5 heteroatoms. The Bertz CT molecular complexity index is 479. The first kappa shape index (κ1) is 10.4. The minimum absolute atomic E-state index is 0.0194. The van der Waals surface area contributed by atoms with Gasteiger partial charge in [-0.2, -0.15) is 0 Å². The fraction of sp³-hybridized carbons (Fsp3) is 0.500. The summed E-state index contributed by atoms with van der Waals surface area (Å²) in [5, 5.41) is 0. The number of hydrogen-bond donors (Lipinski definition) is 0. The zero-order valence-electron chi connectivity index (χ0n) is 9.51. The van der Waals surface area contributed by atoms with Crippen molar-refractivity contribution in [2.24, 2.45) is 0 Å². The highest BCUT2D eigenvalue weighted by Crippen LogP contribution is 2.41. The van der Waals surface area contributed by atoms with Crippen LogP contribution in [0.3, 0.4) is 0 Å². The zero-order valence-corrected chi connectivity index (χ0v) is 9.51. The normalized spacial score (nSPS) is 26.6. The van der Waals surface area contributed by atoms with Gasteiger partial charge in [0.1, 0.15) is 11.8 Å².